The van der Waals surface area contributed by atoms with Gasteiger partial charge >= 0.3 is 5.97 Å². The number of ether oxygens (including phenoxy) is 1. The standard InChI is InChI=1S/C36H29NO2/c1-27(2)36(38)39-35-25-17-29(18-26-35)14-13-28-15-21-33(22-16-28)37(32-11-7-4-8-12-32)34-23-19-31(20-24-34)30-9-5-3-6-10-30/h3-26H,1H2,2H3. The topological polar surface area (TPSA) is 29.5 Å². The van der Waals surface area contributed by atoms with Crippen molar-refractivity contribution in [3.63, 3.8) is 0 Å². The molecule has 5 aromatic carbocycles. The van der Waals surface area contributed by atoms with Gasteiger partial charge in [0.1, 0.15) is 5.75 Å². The second-order valence-electron chi connectivity index (χ2n) is 9.25. The maximum absolute atomic E-state index is 11.7. The first kappa shape index (κ1) is 25.5. The van der Waals surface area contributed by atoms with Crippen LogP contribution in [0.3, 0.4) is 0 Å². The highest BCUT2D eigenvalue weighted by molar-refractivity contribution is 5.88. The van der Waals surface area contributed by atoms with Crippen LogP contribution in [0.2, 0.25) is 0 Å². The molecule has 3 nitrogen and oxygen atoms in total. The van der Waals surface area contributed by atoms with E-state index in [1.165, 1.54) is 11.1 Å². The summed E-state index contributed by atoms with van der Waals surface area (Å²) in [5.74, 6) is 0.0809. The van der Waals surface area contributed by atoms with Crippen LogP contribution in [0.5, 0.6) is 5.75 Å². The van der Waals surface area contributed by atoms with Crippen molar-refractivity contribution in [1.29, 1.82) is 0 Å². The normalized spacial score (nSPS) is 10.8. The molecule has 0 spiro atoms. The van der Waals surface area contributed by atoms with Crippen LogP contribution in [0, 0.1) is 0 Å². The van der Waals surface area contributed by atoms with E-state index in [4.69, 9.17) is 4.74 Å². The van der Waals surface area contributed by atoms with Gasteiger partial charge in [0, 0.05) is 22.6 Å². The van der Waals surface area contributed by atoms with Crippen LogP contribution in [0.4, 0.5) is 17.1 Å². The van der Waals surface area contributed by atoms with Crippen LogP contribution in [-0.2, 0) is 4.79 Å². The first-order valence-corrected chi connectivity index (χ1v) is 12.8. The minimum absolute atomic E-state index is 0.373. The molecule has 3 heteroatoms. The average Bonchev–Trinajstić information content (AvgIpc) is 2.99. The molecular formula is C36H29NO2. The van der Waals surface area contributed by atoms with Gasteiger partial charge in [-0.2, -0.15) is 0 Å². The monoisotopic (exact) mass is 507 g/mol. The van der Waals surface area contributed by atoms with Crippen LogP contribution in [0.15, 0.2) is 146 Å². The quantitative estimate of drug-likeness (QED) is 0.0906. The third kappa shape index (κ3) is 6.41. The van der Waals surface area contributed by atoms with Gasteiger partial charge in [-0.3, -0.25) is 0 Å². The molecular weight excluding hydrogens is 478 g/mol. The number of rotatable bonds is 8. The molecule has 0 aliphatic carbocycles. The maximum Gasteiger partial charge on any atom is 0.338 e. The van der Waals surface area contributed by atoms with E-state index in [0.717, 1.165) is 28.2 Å². The van der Waals surface area contributed by atoms with Crippen molar-refractivity contribution in [1.82, 2.24) is 0 Å². The molecule has 0 aromatic heterocycles. The first-order chi connectivity index (χ1) is 19.1. The van der Waals surface area contributed by atoms with Gasteiger partial charge in [0.2, 0.25) is 0 Å². The lowest BCUT2D eigenvalue weighted by Gasteiger charge is -2.25. The van der Waals surface area contributed by atoms with E-state index >= 15 is 0 Å². The summed E-state index contributed by atoms with van der Waals surface area (Å²) >= 11 is 0. The molecule has 39 heavy (non-hydrogen) atoms. The maximum atomic E-state index is 11.7. The number of para-hydroxylation sites is 1. The van der Waals surface area contributed by atoms with Crippen molar-refractivity contribution in [2.45, 2.75) is 6.92 Å². The zero-order valence-corrected chi connectivity index (χ0v) is 21.8. The molecule has 0 heterocycles. The van der Waals surface area contributed by atoms with Gasteiger partial charge in [-0.25, -0.2) is 4.79 Å². The minimum Gasteiger partial charge on any atom is -0.423 e. The fraction of sp³-hybridized carbons (Fsp3) is 0.0278. The molecule has 0 bridgehead atoms. The van der Waals surface area contributed by atoms with E-state index < -0.39 is 5.97 Å². The third-order valence-electron chi connectivity index (χ3n) is 6.31. The van der Waals surface area contributed by atoms with E-state index in [1.54, 1.807) is 19.1 Å². The van der Waals surface area contributed by atoms with E-state index in [0.29, 0.717) is 11.3 Å². The average molecular weight is 508 g/mol. The summed E-state index contributed by atoms with van der Waals surface area (Å²) in [5, 5.41) is 0. The Labute approximate surface area is 230 Å². The lowest BCUT2D eigenvalue weighted by atomic mass is 10.0. The Morgan fingerprint density at radius 3 is 1.56 bits per heavy atom. The number of nitrogens with zero attached hydrogens (tertiary/aromatic N) is 1. The Hall–Kier alpha value is -5.15. The Morgan fingerprint density at radius 1 is 0.590 bits per heavy atom. The fourth-order valence-corrected chi connectivity index (χ4v) is 4.23. The minimum atomic E-state index is -0.421. The van der Waals surface area contributed by atoms with Crippen LogP contribution < -0.4 is 9.64 Å². The molecule has 0 unspecified atom stereocenters. The molecule has 0 fully saturated rings. The van der Waals surface area contributed by atoms with Crippen LogP contribution in [-0.4, -0.2) is 5.97 Å². The Morgan fingerprint density at radius 2 is 1.03 bits per heavy atom. The van der Waals surface area contributed by atoms with Crippen molar-refractivity contribution in [2.24, 2.45) is 0 Å². The number of benzene rings is 5. The molecule has 0 aliphatic rings. The number of carbonyl (C=O) groups is 1. The van der Waals surface area contributed by atoms with E-state index in [1.807, 2.05) is 30.3 Å². The largest absolute Gasteiger partial charge is 0.423 e. The zero-order chi connectivity index (χ0) is 27.0. The number of carbonyl (C=O) groups excluding carboxylic acids is 1. The fourth-order valence-electron chi connectivity index (χ4n) is 4.23. The van der Waals surface area contributed by atoms with E-state index in [2.05, 4.69) is 115 Å². The highest BCUT2D eigenvalue weighted by Crippen LogP contribution is 2.35. The first-order valence-electron chi connectivity index (χ1n) is 12.8. The SMILES string of the molecule is C=C(C)C(=O)Oc1ccc(C=Cc2ccc(N(c3ccccc3)c3ccc(-c4ccccc4)cc3)cc2)cc1. The molecule has 0 amide bonds. The van der Waals surface area contributed by atoms with Crippen molar-refractivity contribution in [3.8, 4) is 16.9 Å². The van der Waals surface area contributed by atoms with Crippen LogP contribution in [0.1, 0.15) is 18.1 Å². The van der Waals surface area contributed by atoms with Crippen molar-refractivity contribution in [2.75, 3.05) is 4.90 Å². The van der Waals surface area contributed by atoms with Gasteiger partial charge in [-0.1, -0.05) is 104 Å². The molecule has 0 N–H and O–H groups in total. The van der Waals surface area contributed by atoms with Crippen LogP contribution in [0.25, 0.3) is 23.3 Å². The number of anilines is 3. The molecule has 0 radical (unpaired) electrons. The van der Waals surface area contributed by atoms with Gasteiger partial charge in [0.05, 0.1) is 0 Å². The van der Waals surface area contributed by atoms with Crippen molar-refractivity contribution >= 4 is 35.2 Å². The van der Waals surface area contributed by atoms with Crippen LogP contribution >= 0.6 is 0 Å². The summed E-state index contributed by atoms with van der Waals surface area (Å²) < 4.78 is 5.26. The van der Waals surface area contributed by atoms with Gasteiger partial charge in [0.25, 0.3) is 0 Å². The lowest BCUT2D eigenvalue weighted by molar-refractivity contribution is -0.130. The molecule has 190 valence electrons. The van der Waals surface area contributed by atoms with Gasteiger partial charge < -0.3 is 9.64 Å². The van der Waals surface area contributed by atoms with Crippen molar-refractivity contribution in [3.05, 3.63) is 157 Å². The zero-order valence-electron chi connectivity index (χ0n) is 21.8. The summed E-state index contributed by atoms with van der Waals surface area (Å²) in [6.45, 7) is 5.24. The summed E-state index contributed by atoms with van der Waals surface area (Å²) in [5.41, 5.74) is 8.13. The third-order valence-corrected chi connectivity index (χ3v) is 6.31. The summed E-state index contributed by atoms with van der Waals surface area (Å²) in [4.78, 5) is 14.0. The molecule has 5 aromatic rings. The van der Waals surface area contributed by atoms with E-state index in [9.17, 15) is 4.79 Å². The number of hydrogen-bond donors (Lipinski definition) is 0. The molecule has 0 saturated carbocycles. The summed E-state index contributed by atoms with van der Waals surface area (Å²) in [6.07, 6.45) is 4.11. The van der Waals surface area contributed by atoms with Gasteiger partial charge in [0.15, 0.2) is 0 Å². The number of esters is 1. The highest BCUT2D eigenvalue weighted by atomic mass is 16.5. The predicted molar refractivity (Wildman–Crippen MR) is 162 cm³/mol. The highest BCUT2D eigenvalue weighted by Gasteiger charge is 2.12. The lowest BCUT2D eigenvalue weighted by Crippen LogP contribution is -2.09. The van der Waals surface area contributed by atoms with Gasteiger partial charge in [-0.05, 0) is 77.7 Å². The number of hydrogen-bond acceptors (Lipinski definition) is 3. The second kappa shape index (κ2) is 11.9. The summed E-state index contributed by atoms with van der Waals surface area (Å²) in [6, 6.07) is 45.4. The predicted octanol–water partition coefficient (Wildman–Crippen LogP) is 9.48. The Balaban J connectivity index is 1.35. The Bertz CT molecular complexity index is 1570. The molecule has 0 saturated heterocycles. The molecule has 0 atom stereocenters. The smallest absolute Gasteiger partial charge is 0.338 e. The molecule has 5 rings (SSSR count). The van der Waals surface area contributed by atoms with Gasteiger partial charge in [-0.15, -0.1) is 0 Å². The van der Waals surface area contributed by atoms with Crippen molar-refractivity contribution < 1.29 is 9.53 Å². The summed E-state index contributed by atoms with van der Waals surface area (Å²) in [7, 11) is 0. The molecule has 0 aliphatic heterocycles. The van der Waals surface area contributed by atoms with E-state index in [-0.39, 0.29) is 0 Å². The Kier molecular flexibility index (Phi) is 7.80. The second-order valence-corrected chi connectivity index (χ2v) is 9.25.